The van der Waals surface area contributed by atoms with E-state index in [1.807, 2.05) is 6.07 Å². The van der Waals surface area contributed by atoms with Gasteiger partial charge in [0.2, 0.25) is 0 Å². The van der Waals surface area contributed by atoms with Crippen LogP contribution in [0.3, 0.4) is 0 Å². The minimum absolute atomic E-state index is 0.0724. The molecule has 2 heterocycles. The maximum absolute atomic E-state index is 15.9. The van der Waals surface area contributed by atoms with Gasteiger partial charge in [-0.05, 0) is 55.3 Å². The second-order valence-electron chi connectivity index (χ2n) is 12.5. The highest BCUT2D eigenvalue weighted by Gasteiger charge is 2.47. The first-order valence-electron chi connectivity index (χ1n) is 16.9. The fourth-order valence-corrected chi connectivity index (χ4v) is 7.33. The van der Waals surface area contributed by atoms with Crippen LogP contribution >= 0.6 is 11.8 Å². The molecule has 1 fully saturated rings. The zero-order valence-corrected chi connectivity index (χ0v) is 30.1. The largest absolute Gasteiger partial charge is 0.481 e. The number of carbonyl (C=O) groups is 3. The van der Waals surface area contributed by atoms with E-state index < -0.39 is 64.8 Å². The summed E-state index contributed by atoms with van der Waals surface area (Å²) >= 11 is 1.26. The molecule has 16 heteroatoms. The van der Waals surface area contributed by atoms with Gasteiger partial charge in [0.1, 0.15) is 30.1 Å². The lowest BCUT2D eigenvalue weighted by Crippen LogP contribution is -2.47. The van der Waals surface area contributed by atoms with E-state index >= 15 is 4.39 Å². The van der Waals surface area contributed by atoms with Gasteiger partial charge < -0.3 is 24.4 Å². The number of ether oxygens (including phenoxy) is 3. The van der Waals surface area contributed by atoms with Gasteiger partial charge in [0.05, 0.1) is 54.5 Å². The number of hydrogen-bond acceptors (Lipinski definition) is 10. The highest BCUT2D eigenvalue weighted by atomic mass is 32.2. The Morgan fingerprint density at radius 3 is 2.49 bits per heavy atom. The predicted octanol–water partition coefficient (Wildman–Crippen LogP) is 6.17. The van der Waals surface area contributed by atoms with Crippen LogP contribution in [0.1, 0.15) is 46.0 Å². The Morgan fingerprint density at radius 2 is 1.84 bits per heavy atom. The van der Waals surface area contributed by atoms with Crippen molar-refractivity contribution in [2.75, 3.05) is 13.2 Å². The fourth-order valence-electron chi connectivity index (χ4n) is 5.97. The molecule has 1 unspecified atom stereocenters. The standard InChI is InChI=1S/C39H35F3N4O8S/c1-24(55-30-19-52-36(53-20-30)9-5-3-6-26-11-10-25(18-43)14-33(26)41)39(21-46-23-44-22-45-46,32-13-12-29(40)17-34(32)42)54-38(51)31-8-4-2-7-27(31)15-28(37(49)50)16-35(47)48/h2-14,17,22-24,28,30,36H,15-16,19-21H2,1H3,(H,47,48)(H,49,50)/t24-,28?,30?,36?,39-/m1/s1. The van der Waals surface area contributed by atoms with Crippen LogP contribution in [0.2, 0.25) is 0 Å². The molecule has 0 saturated carbocycles. The van der Waals surface area contributed by atoms with Crippen molar-refractivity contribution in [3.63, 3.8) is 0 Å². The zero-order chi connectivity index (χ0) is 39.5. The number of aliphatic carboxylic acids is 2. The van der Waals surface area contributed by atoms with Crippen molar-refractivity contribution in [3.8, 4) is 6.07 Å². The van der Waals surface area contributed by atoms with Gasteiger partial charge in [0.15, 0.2) is 11.9 Å². The Labute approximate surface area is 317 Å². The maximum Gasteiger partial charge on any atom is 0.339 e. The summed E-state index contributed by atoms with van der Waals surface area (Å²) in [5.41, 5.74) is -1.45. The van der Waals surface area contributed by atoms with Crippen LogP contribution in [-0.2, 0) is 42.4 Å². The number of carbonyl (C=O) groups excluding carboxylic acids is 1. The molecule has 286 valence electrons. The highest BCUT2D eigenvalue weighted by molar-refractivity contribution is 8.00. The average molecular weight is 777 g/mol. The van der Waals surface area contributed by atoms with Gasteiger partial charge in [-0.1, -0.05) is 42.5 Å². The first kappa shape index (κ1) is 40.4. The van der Waals surface area contributed by atoms with Crippen LogP contribution in [0.5, 0.6) is 0 Å². The average Bonchev–Trinajstić information content (AvgIpc) is 3.67. The normalized spacial score (nSPS) is 18.0. The monoisotopic (exact) mass is 776 g/mol. The van der Waals surface area contributed by atoms with E-state index in [1.54, 1.807) is 31.2 Å². The SMILES string of the molecule is C[C@@H](SC1COC(C=CC=Cc2ccc(C#N)cc2F)OC1)[C@@](Cn1cncn1)(OC(=O)c1ccccc1CC(CC(=O)O)C(=O)O)c1ccc(F)cc1F. The zero-order valence-electron chi connectivity index (χ0n) is 29.3. The Morgan fingerprint density at radius 1 is 1.07 bits per heavy atom. The van der Waals surface area contributed by atoms with Gasteiger partial charge in [-0.25, -0.2) is 27.6 Å². The lowest BCUT2D eigenvalue weighted by molar-refractivity contribution is -0.148. The summed E-state index contributed by atoms with van der Waals surface area (Å²) in [7, 11) is 0. The van der Waals surface area contributed by atoms with Crippen molar-refractivity contribution >= 4 is 35.7 Å². The molecular formula is C39H35F3N4O8S. The lowest BCUT2D eigenvalue weighted by atomic mass is 9.88. The van der Waals surface area contributed by atoms with Gasteiger partial charge in [-0.3, -0.25) is 9.59 Å². The molecule has 0 bridgehead atoms. The Hall–Kier alpha value is -5.76. The van der Waals surface area contributed by atoms with E-state index in [0.29, 0.717) is 11.6 Å². The number of rotatable bonds is 16. The minimum atomic E-state index is -1.89. The molecule has 0 aliphatic carbocycles. The van der Waals surface area contributed by atoms with E-state index in [4.69, 9.17) is 19.5 Å². The third-order valence-corrected chi connectivity index (χ3v) is 10.2. The van der Waals surface area contributed by atoms with Crippen LogP contribution in [0.4, 0.5) is 13.2 Å². The Kier molecular flexibility index (Phi) is 13.6. The fraction of sp³-hybridized carbons (Fsp3) is 0.282. The Balaban J connectivity index is 1.39. The van der Waals surface area contributed by atoms with Gasteiger partial charge in [-0.2, -0.15) is 10.4 Å². The van der Waals surface area contributed by atoms with E-state index in [1.165, 1.54) is 71.6 Å². The van der Waals surface area contributed by atoms with Gasteiger partial charge >= 0.3 is 17.9 Å². The maximum atomic E-state index is 15.9. The molecule has 0 spiro atoms. The predicted molar refractivity (Wildman–Crippen MR) is 193 cm³/mol. The molecule has 1 aliphatic heterocycles. The smallest absolute Gasteiger partial charge is 0.339 e. The van der Waals surface area contributed by atoms with Crippen molar-refractivity contribution < 1.29 is 52.0 Å². The highest BCUT2D eigenvalue weighted by Crippen LogP contribution is 2.42. The summed E-state index contributed by atoms with van der Waals surface area (Å²) in [4.78, 5) is 41.5. The second-order valence-corrected chi connectivity index (χ2v) is 14.2. The molecule has 3 aromatic carbocycles. The van der Waals surface area contributed by atoms with Crippen LogP contribution in [-0.4, -0.2) is 72.9 Å². The molecule has 4 aromatic rings. The van der Waals surface area contributed by atoms with Crippen LogP contribution in [0.25, 0.3) is 6.08 Å². The lowest BCUT2D eigenvalue weighted by Gasteiger charge is -2.40. The molecule has 1 aromatic heterocycles. The second kappa shape index (κ2) is 18.5. The molecule has 0 amide bonds. The number of nitrogens with zero attached hydrogens (tertiary/aromatic N) is 4. The number of hydrogen-bond donors (Lipinski definition) is 2. The molecule has 1 saturated heterocycles. The van der Waals surface area contributed by atoms with Gasteiger partial charge in [0, 0.05) is 22.4 Å². The number of aromatic nitrogens is 3. The van der Waals surface area contributed by atoms with Crippen LogP contribution in [0.15, 0.2) is 91.5 Å². The molecule has 3 atom stereocenters. The summed E-state index contributed by atoms with van der Waals surface area (Å²) < 4.78 is 63.8. The summed E-state index contributed by atoms with van der Waals surface area (Å²) in [6.07, 6.45) is 7.19. The van der Waals surface area contributed by atoms with Crippen molar-refractivity contribution in [2.45, 2.75) is 48.7 Å². The number of carboxylic acids is 2. The van der Waals surface area contributed by atoms with E-state index in [2.05, 4.69) is 10.1 Å². The number of carboxylic acid groups (broad SMARTS) is 2. The topological polar surface area (TPSA) is 174 Å². The molecule has 5 rings (SSSR count). The van der Waals surface area contributed by atoms with Crippen LogP contribution in [0, 0.1) is 34.7 Å². The molecule has 1 aliphatic rings. The van der Waals surface area contributed by atoms with Gasteiger partial charge in [-0.15, -0.1) is 11.8 Å². The third kappa shape index (κ3) is 10.5. The quantitative estimate of drug-likeness (QED) is 0.0980. The first-order chi connectivity index (χ1) is 26.4. The third-order valence-electron chi connectivity index (χ3n) is 8.73. The first-order valence-corrected chi connectivity index (χ1v) is 17.8. The molecule has 0 radical (unpaired) electrons. The molecular weight excluding hydrogens is 742 g/mol. The number of thioether (sulfide) groups is 1. The molecule has 12 nitrogen and oxygen atoms in total. The van der Waals surface area contributed by atoms with Crippen molar-refractivity contribution in [1.29, 1.82) is 5.26 Å². The van der Waals surface area contributed by atoms with Gasteiger partial charge in [0.25, 0.3) is 0 Å². The Bertz CT molecular complexity index is 2100. The minimum Gasteiger partial charge on any atom is -0.481 e. The van der Waals surface area contributed by atoms with E-state index in [0.717, 1.165) is 12.1 Å². The summed E-state index contributed by atoms with van der Waals surface area (Å²) in [5.74, 6) is -7.44. The van der Waals surface area contributed by atoms with E-state index in [9.17, 15) is 33.4 Å². The number of allylic oxidation sites excluding steroid dienone is 2. The number of nitriles is 1. The van der Waals surface area contributed by atoms with Crippen molar-refractivity contribution in [3.05, 3.63) is 137 Å². The molecule has 55 heavy (non-hydrogen) atoms. The van der Waals surface area contributed by atoms with Crippen LogP contribution < -0.4 is 0 Å². The summed E-state index contributed by atoms with van der Waals surface area (Å²) in [6, 6.07) is 14.8. The number of halogens is 3. The molecule has 2 N–H and O–H groups in total. The van der Waals surface area contributed by atoms with Crippen molar-refractivity contribution in [1.82, 2.24) is 14.8 Å². The van der Waals surface area contributed by atoms with E-state index in [-0.39, 0.29) is 53.7 Å². The number of esters is 1. The summed E-state index contributed by atoms with van der Waals surface area (Å²) in [6.45, 7) is 1.72. The van der Waals surface area contributed by atoms with Crippen molar-refractivity contribution in [2.24, 2.45) is 5.92 Å². The number of benzene rings is 3. The summed E-state index contributed by atoms with van der Waals surface area (Å²) in [5, 5.41) is 30.9.